The molecule has 0 aliphatic heterocycles. The van der Waals surface area contributed by atoms with Crippen LogP contribution in [-0.4, -0.2) is 13.1 Å². The van der Waals surface area contributed by atoms with Gasteiger partial charge in [0.1, 0.15) is 0 Å². The van der Waals surface area contributed by atoms with Gasteiger partial charge in [-0.2, -0.15) is 0 Å². The molecule has 2 nitrogen and oxygen atoms in total. The summed E-state index contributed by atoms with van der Waals surface area (Å²) in [4.78, 5) is 0. The monoisotopic (exact) mass is 469 g/mol. The molecule has 0 aromatic carbocycles. The van der Waals surface area contributed by atoms with E-state index in [1.807, 2.05) is 0 Å². The Balaban J connectivity index is 0. The lowest BCUT2D eigenvalue weighted by molar-refractivity contribution is 0.536. The van der Waals surface area contributed by atoms with Gasteiger partial charge >= 0.3 is 0 Å². The van der Waals surface area contributed by atoms with Crippen molar-refractivity contribution in [1.29, 1.82) is 0 Å². The van der Waals surface area contributed by atoms with Gasteiger partial charge in [-0.05, 0) is 25.9 Å². The van der Waals surface area contributed by atoms with Crippen molar-refractivity contribution >= 4 is 0 Å². The van der Waals surface area contributed by atoms with E-state index in [0.29, 0.717) is 0 Å². The van der Waals surface area contributed by atoms with Crippen molar-refractivity contribution in [2.24, 2.45) is 11.5 Å². The summed E-state index contributed by atoms with van der Waals surface area (Å²) in [7, 11) is 0. The Kier molecular flexibility index (Phi) is 38.8. The molecule has 0 atom stereocenters. The van der Waals surface area contributed by atoms with Crippen LogP contribution in [0.3, 0.4) is 0 Å². The number of hydrogen-bond acceptors (Lipinski definition) is 2. The summed E-state index contributed by atoms with van der Waals surface area (Å²) in [6.07, 6.45) is 38.3. The highest BCUT2D eigenvalue weighted by Crippen LogP contribution is 2.13. The molecule has 0 radical (unpaired) electrons. The topological polar surface area (TPSA) is 52.0 Å². The predicted octanol–water partition coefficient (Wildman–Crippen LogP) is 10.5. The Morgan fingerprint density at radius 2 is 0.394 bits per heavy atom. The summed E-state index contributed by atoms with van der Waals surface area (Å²) >= 11 is 0. The molecule has 0 unspecified atom stereocenters. The molecule has 4 N–H and O–H groups in total. The summed E-state index contributed by atoms with van der Waals surface area (Å²) in [5.41, 5.74) is 10.9. The van der Waals surface area contributed by atoms with Gasteiger partial charge < -0.3 is 11.5 Å². The molecule has 33 heavy (non-hydrogen) atoms. The van der Waals surface area contributed by atoms with E-state index in [9.17, 15) is 0 Å². The van der Waals surface area contributed by atoms with E-state index in [0.717, 1.165) is 13.1 Å². The Labute approximate surface area is 211 Å². The largest absolute Gasteiger partial charge is 0.330 e. The SMILES string of the molecule is CCCCCCCCCCCCCCCCN.CCCCCCCCCCCCCCCN. The molecule has 0 spiro atoms. The van der Waals surface area contributed by atoms with Gasteiger partial charge in [0.25, 0.3) is 0 Å². The number of unbranched alkanes of at least 4 members (excludes halogenated alkanes) is 25. The van der Waals surface area contributed by atoms with Crippen molar-refractivity contribution in [2.45, 2.75) is 187 Å². The third-order valence-electron chi connectivity index (χ3n) is 6.87. The first-order valence-corrected chi connectivity index (χ1v) is 15.7. The zero-order valence-corrected chi connectivity index (χ0v) is 23.7. The fraction of sp³-hybridized carbons (Fsp3) is 1.00. The van der Waals surface area contributed by atoms with Crippen molar-refractivity contribution in [2.75, 3.05) is 13.1 Å². The molecule has 2 heteroatoms. The third kappa shape index (κ3) is 39.4. The molecule has 0 bridgehead atoms. The second-order valence-corrected chi connectivity index (χ2v) is 10.4. The average Bonchev–Trinajstić information content (AvgIpc) is 2.83. The molecule has 0 aliphatic carbocycles. The number of nitrogens with two attached hydrogens (primary N) is 2. The molecule has 202 valence electrons. The van der Waals surface area contributed by atoms with E-state index < -0.39 is 0 Å². The van der Waals surface area contributed by atoms with Crippen LogP contribution in [0.25, 0.3) is 0 Å². The van der Waals surface area contributed by atoms with Gasteiger partial charge in [0.2, 0.25) is 0 Å². The van der Waals surface area contributed by atoms with Gasteiger partial charge in [-0.3, -0.25) is 0 Å². The molecular weight excluding hydrogens is 400 g/mol. The first kappa shape index (κ1) is 35.1. The van der Waals surface area contributed by atoms with E-state index in [1.54, 1.807) is 0 Å². The molecule has 0 fully saturated rings. The molecule has 0 amide bonds. The Morgan fingerprint density at radius 3 is 0.545 bits per heavy atom. The smallest absolute Gasteiger partial charge is 0.00773 e. The van der Waals surface area contributed by atoms with Gasteiger partial charge in [0, 0.05) is 0 Å². The zero-order chi connectivity index (χ0) is 24.5. The summed E-state index contributed by atoms with van der Waals surface area (Å²) in [6, 6.07) is 0. The first-order valence-electron chi connectivity index (χ1n) is 15.7. The van der Waals surface area contributed by atoms with Crippen molar-refractivity contribution in [1.82, 2.24) is 0 Å². The fourth-order valence-electron chi connectivity index (χ4n) is 4.50. The van der Waals surface area contributed by atoms with Crippen LogP contribution in [0.15, 0.2) is 0 Å². The molecule has 0 heterocycles. The van der Waals surface area contributed by atoms with Crippen molar-refractivity contribution in [3.63, 3.8) is 0 Å². The zero-order valence-electron chi connectivity index (χ0n) is 23.7. The predicted molar refractivity (Wildman–Crippen MR) is 154 cm³/mol. The van der Waals surface area contributed by atoms with Gasteiger partial charge in [-0.15, -0.1) is 0 Å². The van der Waals surface area contributed by atoms with E-state index in [1.165, 1.54) is 173 Å². The van der Waals surface area contributed by atoms with Crippen molar-refractivity contribution in [3.05, 3.63) is 0 Å². The van der Waals surface area contributed by atoms with E-state index >= 15 is 0 Å². The van der Waals surface area contributed by atoms with Crippen LogP contribution in [0, 0.1) is 0 Å². The third-order valence-corrected chi connectivity index (χ3v) is 6.87. The molecule has 0 saturated carbocycles. The minimum Gasteiger partial charge on any atom is -0.330 e. The van der Waals surface area contributed by atoms with Crippen LogP contribution in [0.1, 0.15) is 187 Å². The molecule has 0 aliphatic rings. The minimum absolute atomic E-state index is 0.873. The first-order chi connectivity index (χ1) is 16.3. The highest BCUT2D eigenvalue weighted by molar-refractivity contribution is 4.50. The summed E-state index contributed by atoms with van der Waals surface area (Å²) in [5, 5.41) is 0. The lowest BCUT2D eigenvalue weighted by Crippen LogP contribution is -1.97. The number of hydrogen-bond donors (Lipinski definition) is 2. The highest BCUT2D eigenvalue weighted by atomic mass is 14.5. The maximum Gasteiger partial charge on any atom is -0.00773 e. The molecule has 0 rings (SSSR count). The fourth-order valence-corrected chi connectivity index (χ4v) is 4.50. The van der Waals surface area contributed by atoms with Crippen LogP contribution in [0.5, 0.6) is 0 Å². The van der Waals surface area contributed by atoms with Gasteiger partial charge in [0.15, 0.2) is 0 Å². The van der Waals surface area contributed by atoms with Crippen LogP contribution >= 0.6 is 0 Å². The number of rotatable bonds is 27. The normalized spacial score (nSPS) is 10.9. The lowest BCUT2D eigenvalue weighted by Gasteiger charge is -2.02. The molecular formula is C31H68N2. The quantitative estimate of drug-likeness (QED) is 0.118. The Morgan fingerprint density at radius 1 is 0.242 bits per heavy atom. The average molecular weight is 469 g/mol. The Bertz CT molecular complexity index is 265. The van der Waals surface area contributed by atoms with E-state index in [4.69, 9.17) is 11.5 Å². The summed E-state index contributed by atoms with van der Waals surface area (Å²) in [5.74, 6) is 0. The second kappa shape index (κ2) is 36.5. The van der Waals surface area contributed by atoms with E-state index in [-0.39, 0.29) is 0 Å². The van der Waals surface area contributed by atoms with Crippen LogP contribution in [0.4, 0.5) is 0 Å². The minimum atomic E-state index is 0.873. The van der Waals surface area contributed by atoms with Crippen LogP contribution < -0.4 is 11.5 Å². The van der Waals surface area contributed by atoms with Crippen molar-refractivity contribution in [3.8, 4) is 0 Å². The van der Waals surface area contributed by atoms with Gasteiger partial charge in [-0.1, -0.05) is 174 Å². The summed E-state index contributed by atoms with van der Waals surface area (Å²) in [6.45, 7) is 6.31. The van der Waals surface area contributed by atoms with Crippen LogP contribution in [0.2, 0.25) is 0 Å². The molecule has 0 saturated heterocycles. The second-order valence-electron chi connectivity index (χ2n) is 10.4. The molecule has 0 aromatic heterocycles. The summed E-state index contributed by atoms with van der Waals surface area (Å²) < 4.78 is 0. The van der Waals surface area contributed by atoms with Gasteiger partial charge in [0.05, 0.1) is 0 Å². The van der Waals surface area contributed by atoms with Gasteiger partial charge in [-0.25, -0.2) is 0 Å². The Hall–Kier alpha value is -0.0800. The van der Waals surface area contributed by atoms with E-state index in [2.05, 4.69) is 13.8 Å². The van der Waals surface area contributed by atoms with Crippen LogP contribution in [-0.2, 0) is 0 Å². The lowest BCUT2D eigenvalue weighted by atomic mass is 10.0. The maximum atomic E-state index is 5.47. The molecule has 0 aromatic rings. The highest BCUT2D eigenvalue weighted by Gasteiger charge is 1.94. The maximum absolute atomic E-state index is 5.47. The standard InChI is InChI=1S/C16H35N.C15H33N/c1-2-3-4-5-6-7-8-9-10-11-12-13-14-15-16-17;1-2-3-4-5-6-7-8-9-10-11-12-13-14-15-16/h2-17H2,1H3;2-16H2,1H3. The van der Waals surface area contributed by atoms with Crippen molar-refractivity contribution < 1.29 is 0 Å².